The first-order valence-corrected chi connectivity index (χ1v) is 7.88. The Morgan fingerprint density at radius 2 is 2.30 bits per heavy atom. The zero-order chi connectivity index (χ0) is 16.6. The van der Waals surface area contributed by atoms with Gasteiger partial charge in [-0.1, -0.05) is 13.0 Å². The van der Waals surface area contributed by atoms with Crippen LogP contribution in [0.3, 0.4) is 0 Å². The normalized spacial score (nSPS) is 24.4. The first-order valence-electron chi connectivity index (χ1n) is 7.88. The predicted molar refractivity (Wildman–Crippen MR) is 86.4 cm³/mol. The van der Waals surface area contributed by atoms with Crippen LogP contribution in [-0.2, 0) is 10.2 Å². The number of aromatic nitrogens is 3. The van der Waals surface area contributed by atoms with Gasteiger partial charge in [0.25, 0.3) is 0 Å². The Morgan fingerprint density at radius 3 is 2.91 bits per heavy atom. The van der Waals surface area contributed by atoms with Crippen LogP contribution < -0.4 is 5.73 Å². The van der Waals surface area contributed by atoms with Crippen molar-refractivity contribution in [3.63, 3.8) is 0 Å². The highest BCUT2D eigenvalue weighted by Gasteiger charge is 2.62. The molecule has 0 radical (unpaired) electrons. The summed E-state index contributed by atoms with van der Waals surface area (Å²) in [5.41, 5.74) is 6.50. The second-order valence-electron chi connectivity index (χ2n) is 6.61. The molecule has 0 bridgehead atoms. The lowest BCUT2D eigenvalue weighted by atomic mass is 9.94. The Bertz CT molecular complexity index is 710. The molecular weight excluding hydrogens is 292 g/mol. The van der Waals surface area contributed by atoms with Crippen molar-refractivity contribution in [3.05, 3.63) is 42.1 Å². The second-order valence-corrected chi connectivity index (χ2v) is 6.61. The summed E-state index contributed by atoms with van der Waals surface area (Å²) in [7, 11) is 0. The molecule has 0 saturated heterocycles. The van der Waals surface area contributed by atoms with Crippen molar-refractivity contribution in [3.8, 4) is 5.82 Å². The molecule has 1 aliphatic rings. The van der Waals surface area contributed by atoms with E-state index in [1.807, 2.05) is 19.1 Å². The molecule has 2 heterocycles. The van der Waals surface area contributed by atoms with E-state index < -0.39 is 11.4 Å². The van der Waals surface area contributed by atoms with Crippen LogP contribution in [-0.4, -0.2) is 32.2 Å². The zero-order valence-corrected chi connectivity index (χ0v) is 13.4. The van der Waals surface area contributed by atoms with Gasteiger partial charge < -0.3 is 10.8 Å². The van der Waals surface area contributed by atoms with Crippen molar-refractivity contribution in [1.29, 1.82) is 0 Å². The molecule has 0 spiro atoms. The van der Waals surface area contributed by atoms with Gasteiger partial charge in [0.05, 0.1) is 5.69 Å². The number of carbonyl (C=O) groups is 1. The molecule has 3 atom stereocenters. The number of nitrogens with zero attached hydrogens (tertiary/aromatic N) is 3. The first kappa shape index (κ1) is 15.7. The quantitative estimate of drug-likeness (QED) is 0.849. The highest BCUT2D eigenvalue weighted by atomic mass is 16.4. The number of carboxylic acid groups (broad SMARTS) is 1. The van der Waals surface area contributed by atoms with Crippen LogP contribution in [0.15, 0.2) is 30.9 Å². The number of carboxylic acids is 1. The van der Waals surface area contributed by atoms with Crippen LogP contribution in [0.25, 0.3) is 5.82 Å². The van der Waals surface area contributed by atoms with Crippen LogP contribution in [0, 0.1) is 18.8 Å². The average molecular weight is 314 g/mol. The largest absolute Gasteiger partial charge is 0.481 e. The summed E-state index contributed by atoms with van der Waals surface area (Å²) in [6, 6.07) is 3.87. The van der Waals surface area contributed by atoms with E-state index in [1.165, 1.54) is 0 Å². The highest BCUT2D eigenvalue weighted by molar-refractivity contribution is 5.85. The van der Waals surface area contributed by atoms with E-state index >= 15 is 0 Å². The van der Waals surface area contributed by atoms with Crippen molar-refractivity contribution >= 4 is 5.97 Å². The first-order chi connectivity index (χ1) is 11.0. The van der Waals surface area contributed by atoms with E-state index in [9.17, 15) is 9.90 Å². The summed E-state index contributed by atoms with van der Waals surface area (Å²) >= 11 is 0. The third-order valence-corrected chi connectivity index (χ3v) is 4.78. The van der Waals surface area contributed by atoms with Gasteiger partial charge in [0.1, 0.15) is 17.6 Å². The number of rotatable bonds is 6. The number of hydrogen-bond acceptors (Lipinski definition) is 4. The SMILES string of the molecule is Cc1ccc(-n2cnc(C3(C(=O)O)CC3CC(C)CN)c2)nc1. The fraction of sp³-hybridized carbons (Fsp3) is 0.471. The Hall–Kier alpha value is -2.21. The topological polar surface area (TPSA) is 94.0 Å². The summed E-state index contributed by atoms with van der Waals surface area (Å²) in [6.45, 7) is 4.61. The van der Waals surface area contributed by atoms with Gasteiger partial charge in [-0.05, 0) is 49.8 Å². The van der Waals surface area contributed by atoms with E-state index in [2.05, 4.69) is 16.9 Å². The minimum Gasteiger partial charge on any atom is -0.481 e. The van der Waals surface area contributed by atoms with Gasteiger partial charge in [0, 0.05) is 12.4 Å². The van der Waals surface area contributed by atoms with Gasteiger partial charge in [0.15, 0.2) is 0 Å². The maximum atomic E-state index is 11.9. The minimum atomic E-state index is -0.862. The lowest BCUT2D eigenvalue weighted by Gasteiger charge is -2.12. The van der Waals surface area contributed by atoms with Crippen LogP contribution in [0.2, 0.25) is 0 Å². The molecule has 2 aromatic heterocycles. The van der Waals surface area contributed by atoms with Crippen molar-refractivity contribution in [2.45, 2.75) is 32.1 Å². The summed E-state index contributed by atoms with van der Waals surface area (Å²) in [5, 5.41) is 9.73. The average Bonchev–Trinajstić information content (AvgIpc) is 3.04. The van der Waals surface area contributed by atoms with Gasteiger partial charge in [-0.3, -0.25) is 9.36 Å². The molecule has 6 nitrogen and oxygen atoms in total. The zero-order valence-electron chi connectivity index (χ0n) is 13.4. The van der Waals surface area contributed by atoms with E-state index in [0.717, 1.165) is 17.8 Å². The number of hydrogen-bond donors (Lipinski definition) is 2. The Balaban J connectivity index is 1.86. The molecule has 3 rings (SSSR count). The van der Waals surface area contributed by atoms with Crippen LogP contribution in [0.1, 0.15) is 31.0 Å². The predicted octanol–water partition coefficient (Wildman–Crippen LogP) is 1.90. The molecular formula is C17H22N4O2. The fourth-order valence-electron chi connectivity index (χ4n) is 3.17. The summed E-state index contributed by atoms with van der Waals surface area (Å²) in [5.74, 6) is 0.367. The minimum absolute atomic E-state index is 0.105. The number of pyridine rings is 1. The smallest absolute Gasteiger partial charge is 0.316 e. The molecule has 6 heteroatoms. The molecule has 3 unspecified atom stereocenters. The Morgan fingerprint density at radius 1 is 1.52 bits per heavy atom. The third-order valence-electron chi connectivity index (χ3n) is 4.78. The molecule has 23 heavy (non-hydrogen) atoms. The summed E-state index contributed by atoms with van der Waals surface area (Å²) in [6.07, 6.45) is 6.66. The lowest BCUT2D eigenvalue weighted by molar-refractivity contribution is -0.140. The lowest BCUT2D eigenvalue weighted by Crippen LogP contribution is -2.24. The molecule has 3 N–H and O–H groups in total. The molecule has 0 aromatic carbocycles. The standard InChI is InChI=1S/C17H22N4O2/c1-11-3-4-15(19-8-11)21-9-14(20-10-21)17(16(22)23)6-13(17)5-12(2)7-18/h3-4,8-10,12-13H,5-7,18H2,1-2H3,(H,22,23). The summed E-state index contributed by atoms with van der Waals surface area (Å²) in [4.78, 5) is 20.6. The van der Waals surface area contributed by atoms with E-state index in [1.54, 1.807) is 23.3 Å². The second kappa shape index (κ2) is 5.77. The van der Waals surface area contributed by atoms with Crippen LogP contribution in [0.5, 0.6) is 0 Å². The molecule has 2 aromatic rings. The van der Waals surface area contributed by atoms with Crippen molar-refractivity contribution < 1.29 is 9.90 Å². The molecule has 122 valence electrons. The summed E-state index contributed by atoms with van der Waals surface area (Å²) < 4.78 is 1.78. The molecule has 1 saturated carbocycles. The van der Waals surface area contributed by atoms with Crippen LogP contribution in [0.4, 0.5) is 0 Å². The Kier molecular flexibility index (Phi) is 3.93. The Labute approximate surface area is 135 Å². The number of imidazole rings is 1. The van der Waals surface area contributed by atoms with Gasteiger partial charge in [-0.2, -0.15) is 0 Å². The molecule has 0 amide bonds. The van der Waals surface area contributed by atoms with E-state index in [0.29, 0.717) is 24.6 Å². The molecule has 1 fully saturated rings. The van der Waals surface area contributed by atoms with Crippen molar-refractivity contribution in [2.24, 2.45) is 17.6 Å². The maximum absolute atomic E-state index is 11.9. The van der Waals surface area contributed by atoms with Crippen LogP contribution >= 0.6 is 0 Å². The van der Waals surface area contributed by atoms with Gasteiger partial charge >= 0.3 is 5.97 Å². The highest BCUT2D eigenvalue weighted by Crippen LogP contribution is 2.56. The number of aryl methyl sites for hydroxylation is 1. The van der Waals surface area contributed by atoms with Gasteiger partial charge in [-0.25, -0.2) is 9.97 Å². The van der Waals surface area contributed by atoms with Crippen molar-refractivity contribution in [2.75, 3.05) is 6.54 Å². The van der Waals surface area contributed by atoms with Crippen molar-refractivity contribution in [1.82, 2.24) is 14.5 Å². The third kappa shape index (κ3) is 2.74. The fourth-order valence-corrected chi connectivity index (χ4v) is 3.17. The van der Waals surface area contributed by atoms with E-state index in [-0.39, 0.29) is 5.92 Å². The maximum Gasteiger partial charge on any atom is 0.316 e. The van der Waals surface area contributed by atoms with E-state index in [4.69, 9.17) is 5.73 Å². The van der Waals surface area contributed by atoms with Gasteiger partial charge in [-0.15, -0.1) is 0 Å². The number of aliphatic carboxylic acids is 1. The monoisotopic (exact) mass is 314 g/mol. The number of nitrogens with two attached hydrogens (primary N) is 1. The molecule has 0 aliphatic heterocycles. The van der Waals surface area contributed by atoms with Gasteiger partial charge in [0.2, 0.25) is 0 Å². The molecule has 1 aliphatic carbocycles.